The molecule has 0 spiro atoms. The van der Waals surface area contributed by atoms with Crippen molar-refractivity contribution in [1.29, 1.82) is 0 Å². The average molecular weight is 250 g/mol. The summed E-state index contributed by atoms with van der Waals surface area (Å²) in [4.78, 5) is 21.4. The molecule has 0 aromatic carbocycles. The number of likely N-dealkylation sites (tertiary alicyclic amines) is 1. The van der Waals surface area contributed by atoms with E-state index in [1.54, 1.807) is 6.20 Å². The van der Waals surface area contributed by atoms with Gasteiger partial charge in [0.25, 0.3) is 0 Å². The van der Waals surface area contributed by atoms with Gasteiger partial charge < -0.3 is 10.3 Å². The van der Waals surface area contributed by atoms with Crippen molar-refractivity contribution in [1.82, 2.24) is 20.2 Å². The summed E-state index contributed by atoms with van der Waals surface area (Å²) < 4.78 is 0. The van der Waals surface area contributed by atoms with Gasteiger partial charge in [-0.2, -0.15) is 0 Å². The molecule has 2 rings (SSSR count). The highest BCUT2D eigenvalue weighted by Crippen LogP contribution is 2.28. The minimum Gasteiger partial charge on any atom is -0.356 e. The fourth-order valence-electron chi connectivity index (χ4n) is 2.56. The van der Waals surface area contributed by atoms with Gasteiger partial charge in [0, 0.05) is 31.9 Å². The van der Waals surface area contributed by atoms with E-state index >= 15 is 0 Å². The van der Waals surface area contributed by atoms with Crippen LogP contribution in [0.5, 0.6) is 0 Å². The number of nitrogens with one attached hydrogen (secondary N) is 2. The van der Waals surface area contributed by atoms with Crippen LogP contribution in [-0.4, -0.2) is 40.4 Å². The average Bonchev–Trinajstić information content (AvgIpc) is 2.91. The molecule has 0 unspecified atom stereocenters. The predicted molar refractivity (Wildman–Crippen MR) is 70.1 cm³/mol. The number of aromatic nitrogens is 2. The van der Waals surface area contributed by atoms with E-state index in [4.69, 9.17) is 0 Å². The highest BCUT2D eigenvalue weighted by atomic mass is 16.1. The number of carbonyl (C=O) groups excluding carboxylic acids is 1. The minimum absolute atomic E-state index is 0.140. The van der Waals surface area contributed by atoms with Crippen molar-refractivity contribution >= 4 is 5.91 Å². The van der Waals surface area contributed by atoms with Crippen molar-refractivity contribution in [3.05, 3.63) is 18.2 Å². The van der Waals surface area contributed by atoms with Crippen LogP contribution in [0.3, 0.4) is 0 Å². The number of carbonyl (C=O) groups is 1. The maximum Gasteiger partial charge on any atom is 0.221 e. The van der Waals surface area contributed by atoms with Crippen molar-refractivity contribution in [3.8, 4) is 0 Å². The zero-order valence-corrected chi connectivity index (χ0v) is 11.0. The lowest BCUT2D eigenvalue weighted by molar-refractivity contribution is -0.121. The molecule has 1 aliphatic heterocycles. The fraction of sp³-hybridized carbons (Fsp3) is 0.692. The lowest BCUT2D eigenvalue weighted by Gasteiger charge is -2.34. The molecule has 1 aromatic heterocycles. The zero-order chi connectivity index (χ0) is 12.8. The van der Waals surface area contributed by atoms with Gasteiger partial charge in [0.1, 0.15) is 5.82 Å². The molecule has 1 aromatic rings. The molecule has 18 heavy (non-hydrogen) atoms. The summed E-state index contributed by atoms with van der Waals surface area (Å²) in [7, 11) is 0. The lowest BCUT2D eigenvalue weighted by atomic mass is 10.0. The number of aromatic amines is 1. The molecule has 0 saturated carbocycles. The second-order valence-electron chi connectivity index (χ2n) is 4.73. The summed E-state index contributed by atoms with van der Waals surface area (Å²) in [5.74, 6) is 1.17. The Bertz CT molecular complexity index is 363. The number of imidazole rings is 1. The second kappa shape index (κ2) is 6.54. The molecule has 100 valence electrons. The van der Waals surface area contributed by atoms with Gasteiger partial charge in [0.15, 0.2) is 0 Å². The Labute approximate surface area is 108 Å². The largest absolute Gasteiger partial charge is 0.356 e. The van der Waals surface area contributed by atoms with Crippen molar-refractivity contribution in [2.45, 2.75) is 38.6 Å². The van der Waals surface area contributed by atoms with Gasteiger partial charge >= 0.3 is 0 Å². The standard InChI is InChI=1S/C13H22N4O/c1-2-14-12(18)6-10-17-9-4-3-5-11(17)13-15-7-8-16-13/h7-8,11H,2-6,9-10H2,1H3,(H,14,18)(H,15,16)/t11-/m0/s1. The maximum absolute atomic E-state index is 11.5. The van der Waals surface area contributed by atoms with Crippen LogP contribution in [0.4, 0.5) is 0 Å². The van der Waals surface area contributed by atoms with Crippen molar-refractivity contribution < 1.29 is 4.79 Å². The van der Waals surface area contributed by atoms with E-state index in [9.17, 15) is 4.79 Å². The molecule has 0 radical (unpaired) electrons. The van der Waals surface area contributed by atoms with Gasteiger partial charge in [0.2, 0.25) is 5.91 Å². The van der Waals surface area contributed by atoms with E-state index in [0.717, 1.165) is 25.3 Å². The zero-order valence-electron chi connectivity index (χ0n) is 11.0. The molecule has 1 atom stereocenters. The smallest absolute Gasteiger partial charge is 0.221 e. The van der Waals surface area contributed by atoms with Crippen LogP contribution < -0.4 is 5.32 Å². The number of nitrogens with zero attached hydrogens (tertiary/aromatic N) is 2. The van der Waals surface area contributed by atoms with Gasteiger partial charge in [-0.3, -0.25) is 9.69 Å². The molecule has 1 aliphatic rings. The van der Waals surface area contributed by atoms with E-state index in [2.05, 4.69) is 20.2 Å². The van der Waals surface area contributed by atoms with Crippen LogP contribution in [0.1, 0.15) is 44.5 Å². The summed E-state index contributed by atoms with van der Waals surface area (Å²) in [5, 5.41) is 2.85. The van der Waals surface area contributed by atoms with Crippen molar-refractivity contribution in [2.75, 3.05) is 19.6 Å². The monoisotopic (exact) mass is 250 g/mol. The molecule has 1 saturated heterocycles. The topological polar surface area (TPSA) is 61.0 Å². The van der Waals surface area contributed by atoms with Crippen LogP contribution in [0.15, 0.2) is 12.4 Å². The second-order valence-corrected chi connectivity index (χ2v) is 4.73. The van der Waals surface area contributed by atoms with E-state index in [1.165, 1.54) is 12.8 Å². The molecule has 5 heteroatoms. The number of amides is 1. The normalized spacial score (nSPS) is 20.8. The highest BCUT2D eigenvalue weighted by Gasteiger charge is 2.25. The number of hydrogen-bond donors (Lipinski definition) is 2. The Morgan fingerprint density at radius 2 is 2.50 bits per heavy atom. The summed E-state index contributed by atoms with van der Waals surface area (Å²) in [6.07, 6.45) is 7.82. The van der Waals surface area contributed by atoms with Crippen molar-refractivity contribution in [2.24, 2.45) is 0 Å². The van der Waals surface area contributed by atoms with E-state index in [1.807, 2.05) is 13.1 Å². The summed E-state index contributed by atoms with van der Waals surface area (Å²) in [5.41, 5.74) is 0. The number of H-pyrrole nitrogens is 1. The molecule has 2 heterocycles. The van der Waals surface area contributed by atoms with Gasteiger partial charge in [-0.15, -0.1) is 0 Å². The summed E-state index contributed by atoms with van der Waals surface area (Å²) >= 11 is 0. The van der Waals surface area contributed by atoms with E-state index < -0.39 is 0 Å². The Balaban J connectivity index is 1.90. The third-order valence-corrected chi connectivity index (χ3v) is 3.45. The molecule has 0 aliphatic carbocycles. The first-order valence-corrected chi connectivity index (χ1v) is 6.81. The molecular weight excluding hydrogens is 228 g/mol. The third kappa shape index (κ3) is 3.32. The van der Waals surface area contributed by atoms with Crippen LogP contribution in [-0.2, 0) is 4.79 Å². The summed E-state index contributed by atoms with van der Waals surface area (Å²) in [6.45, 7) is 4.53. The van der Waals surface area contributed by atoms with Crippen LogP contribution in [0.2, 0.25) is 0 Å². The lowest BCUT2D eigenvalue weighted by Crippen LogP contribution is -2.37. The molecule has 2 N–H and O–H groups in total. The van der Waals surface area contributed by atoms with E-state index in [0.29, 0.717) is 19.0 Å². The molecule has 1 fully saturated rings. The van der Waals surface area contributed by atoms with E-state index in [-0.39, 0.29) is 5.91 Å². The minimum atomic E-state index is 0.140. The maximum atomic E-state index is 11.5. The van der Waals surface area contributed by atoms with Gasteiger partial charge in [-0.1, -0.05) is 6.42 Å². The quantitative estimate of drug-likeness (QED) is 0.831. The molecule has 0 bridgehead atoms. The van der Waals surface area contributed by atoms with Gasteiger partial charge in [0.05, 0.1) is 6.04 Å². The molecule has 1 amide bonds. The Hall–Kier alpha value is -1.36. The fourth-order valence-corrected chi connectivity index (χ4v) is 2.56. The first-order valence-electron chi connectivity index (χ1n) is 6.81. The molecular formula is C13H22N4O. The highest BCUT2D eigenvalue weighted by molar-refractivity contribution is 5.75. The van der Waals surface area contributed by atoms with Gasteiger partial charge in [-0.05, 0) is 26.3 Å². The first kappa shape index (κ1) is 13.1. The van der Waals surface area contributed by atoms with Crippen LogP contribution in [0.25, 0.3) is 0 Å². The van der Waals surface area contributed by atoms with Crippen LogP contribution >= 0.6 is 0 Å². The predicted octanol–water partition coefficient (Wildman–Crippen LogP) is 1.46. The Morgan fingerprint density at radius 1 is 1.61 bits per heavy atom. The molecule has 5 nitrogen and oxygen atoms in total. The first-order chi connectivity index (χ1) is 8.81. The Kier molecular flexibility index (Phi) is 4.75. The van der Waals surface area contributed by atoms with Crippen LogP contribution in [0, 0.1) is 0 Å². The number of rotatable bonds is 5. The third-order valence-electron chi connectivity index (χ3n) is 3.45. The van der Waals surface area contributed by atoms with Gasteiger partial charge in [-0.25, -0.2) is 4.98 Å². The number of piperidine rings is 1. The Morgan fingerprint density at radius 3 is 3.22 bits per heavy atom. The summed E-state index contributed by atoms with van der Waals surface area (Å²) in [6, 6.07) is 0.350. The SMILES string of the molecule is CCNC(=O)CCN1CCCC[C@H]1c1ncc[nH]1. The number of hydrogen-bond acceptors (Lipinski definition) is 3. The van der Waals surface area contributed by atoms with Crippen molar-refractivity contribution in [3.63, 3.8) is 0 Å².